The van der Waals surface area contributed by atoms with Gasteiger partial charge in [-0.3, -0.25) is 9.59 Å². The van der Waals surface area contributed by atoms with Crippen LogP contribution in [0.4, 0.5) is 0 Å². The van der Waals surface area contributed by atoms with Gasteiger partial charge in [0, 0.05) is 5.56 Å². The van der Waals surface area contributed by atoms with E-state index < -0.39 is 24.5 Å². The maximum absolute atomic E-state index is 12.1. The Morgan fingerprint density at radius 1 is 1.10 bits per heavy atom. The molecule has 1 aromatic carbocycles. The molecule has 0 aliphatic heterocycles. The van der Waals surface area contributed by atoms with E-state index in [9.17, 15) is 14.4 Å². The van der Waals surface area contributed by atoms with Crippen molar-refractivity contribution in [1.82, 2.24) is 5.32 Å². The standard InChI is InChI=1S/C22H31NO6/c1-14(2)18-10-5-15(3)11-19(18)29-21(25)13-28-20(24)12-23-22(26)16-6-8-17(27-4)9-7-16/h6-9,14-15,18-19H,5,10-13H2,1-4H3,(H,23,26)/t15-,18+,19-/m1/s1. The maximum atomic E-state index is 12.1. The van der Waals surface area contributed by atoms with Crippen molar-refractivity contribution < 1.29 is 28.6 Å². The molecular weight excluding hydrogens is 374 g/mol. The van der Waals surface area contributed by atoms with Crippen LogP contribution < -0.4 is 10.1 Å². The third-order valence-corrected chi connectivity index (χ3v) is 5.34. The third-order valence-electron chi connectivity index (χ3n) is 5.34. The molecule has 0 aromatic heterocycles. The van der Waals surface area contributed by atoms with Crippen LogP contribution >= 0.6 is 0 Å². The van der Waals surface area contributed by atoms with Crippen LogP contribution in [-0.4, -0.2) is 44.2 Å². The Hall–Kier alpha value is -2.57. The summed E-state index contributed by atoms with van der Waals surface area (Å²) < 4.78 is 15.6. The predicted molar refractivity (Wildman–Crippen MR) is 108 cm³/mol. The van der Waals surface area contributed by atoms with Crippen LogP contribution in [0.5, 0.6) is 5.75 Å². The number of esters is 2. The van der Waals surface area contributed by atoms with Gasteiger partial charge in [-0.2, -0.15) is 0 Å². The summed E-state index contributed by atoms with van der Waals surface area (Å²) in [6, 6.07) is 6.49. The van der Waals surface area contributed by atoms with Crippen LogP contribution in [-0.2, 0) is 19.1 Å². The SMILES string of the molecule is COc1ccc(C(=O)NCC(=O)OCC(=O)O[C@@H]2C[C@H](C)CC[C@H]2C(C)C)cc1. The third kappa shape index (κ3) is 7.07. The van der Waals surface area contributed by atoms with E-state index >= 15 is 0 Å². The van der Waals surface area contributed by atoms with Gasteiger partial charge in [0.25, 0.3) is 5.91 Å². The van der Waals surface area contributed by atoms with Crippen molar-refractivity contribution in [2.75, 3.05) is 20.3 Å². The molecule has 0 radical (unpaired) electrons. The first-order valence-corrected chi connectivity index (χ1v) is 10.1. The molecule has 0 saturated heterocycles. The molecule has 1 fully saturated rings. The van der Waals surface area contributed by atoms with E-state index in [-0.39, 0.29) is 12.6 Å². The molecule has 0 heterocycles. The topological polar surface area (TPSA) is 90.9 Å². The predicted octanol–water partition coefficient (Wildman–Crippen LogP) is 2.97. The van der Waals surface area contributed by atoms with Crippen molar-refractivity contribution in [1.29, 1.82) is 0 Å². The smallest absolute Gasteiger partial charge is 0.344 e. The van der Waals surface area contributed by atoms with Crippen LogP contribution in [0.3, 0.4) is 0 Å². The fourth-order valence-electron chi connectivity index (χ4n) is 3.64. The molecule has 1 N–H and O–H groups in total. The van der Waals surface area contributed by atoms with Gasteiger partial charge < -0.3 is 19.5 Å². The van der Waals surface area contributed by atoms with E-state index in [4.69, 9.17) is 14.2 Å². The lowest BCUT2D eigenvalue weighted by Gasteiger charge is -2.36. The van der Waals surface area contributed by atoms with Crippen LogP contribution in [0.15, 0.2) is 24.3 Å². The van der Waals surface area contributed by atoms with Gasteiger partial charge in [0.1, 0.15) is 18.4 Å². The molecule has 7 nitrogen and oxygen atoms in total. The first-order chi connectivity index (χ1) is 13.8. The molecule has 0 bridgehead atoms. The van der Waals surface area contributed by atoms with Crippen molar-refractivity contribution in [3.8, 4) is 5.75 Å². The number of nitrogens with one attached hydrogen (secondary N) is 1. The zero-order valence-corrected chi connectivity index (χ0v) is 17.6. The number of ether oxygens (including phenoxy) is 3. The summed E-state index contributed by atoms with van der Waals surface area (Å²) >= 11 is 0. The van der Waals surface area contributed by atoms with Crippen LogP contribution in [0.25, 0.3) is 0 Å². The monoisotopic (exact) mass is 405 g/mol. The Kier molecular flexibility index (Phi) is 8.49. The highest BCUT2D eigenvalue weighted by molar-refractivity contribution is 5.96. The zero-order chi connectivity index (χ0) is 21.4. The lowest BCUT2D eigenvalue weighted by Crippen LogP contribution is -2.37. The number of benzene rings is 1. The Bertz CT molecular complexity index is 700. The minimum absolute atomic E-state index is 0.139. The summed E-state index contributed by atoms with van der Waals surface area (Å²) in [4.78, 5) is 36.0. The molecule has 0 spiro atoms. The largest absolute Gasteiger partial charge is 0.497 e. The number of amides is 1. The Morgan fingerprint density at radius 2 is 1.79 bits per heavy atom. The number of hydrogen-bond donors (Lipinski definition) is 1. The second-order valence-corrected chi connectivity index (χ2v) is 7.93. The van der Waals surface area contributed by atoms with Gasteiger partial charge in [-0.05, 0) is 54.9 Å². The van der Waals surface area contributed by atoms with E-state index in [2.05, 4.69) is 26.1 Å². The van der Waals surface area contributed by atoms with E-state index in [1.807, 2.05) is 0 Å². The summed E-state index contributed by atoms with van der Waals surface area (Å²) in [7, 11) is 1.54. The Balaban J connectivity index is 1.73. The van der Waals surface area contributed by atoms with Crippen molar-refractivity contribution in [2.45, 2.75) is 46.1 Å². The summed E-state index contributed by atoms with van der Waals surface area (Å²) in [6.07, 6.45) is 2.87. The molecule has 7 heteroatoms. The van der Waals surface area contributed by atoms with Crippen molar-refractivity contribution in [3.63, 3.8) is 0 Å². The molecule has 160 valence electrons. The second-order valence-electron chi connectivity index (χ2n) is 7.93. The molecule has 0 unspecified atom stereocenters. The fourth-order valence-corrected chi connectivity index (χ4v) is 3.64. The van der Waals surface area contributed by atoms with Crippen molar-refractivity contribution >= 4 is 17.8 Å². The first-order valence-electron chi connectivity index (χ1n) is 10.1. The average molecular weight is 405 g/mol. The lowest BCUT2D eigenvalue weighted by atomic mass is 9.75. The van der Waals surface area contributed by atoms with E-state index in [0.29, 0.717) is 29.1 Å². The highest BCUT2D eigenvalue weighted by atomic mass is 16.6. The molecule has 1 saturated carbocycles. The molecule has 1 aliphatic rings. The van der Waals surface area contributed by atoms with Crippen molar-refractivity contribution in [3.05, 3.63) is 29.8 Å². The molecule has 1 aliphatic carbocycles. The van der Waals surface area contributed by atoms with Crippen LogP contribution in [0.1, 0.15) is 50.4 Å². The van der Waals surface area contributed by atoms with Gasteiger partial charge in [0.05, 0.1) is 7.11 Å². The second kappa shape index (κ2) is 10.8. The summed E-state index contributed by atoms with van der Waals surface area (Å²) in [5.74, 6) is 0.240. The minimum atomic E-state index is -0.693. The van der Waals surface area contributed by atoms with Crippen molar-refractivity contribution in [2.24, 2.45) is 17.8 Å². The fraction of sp³-hybridized carbons (Fsp3) is 0.591. The number of carbonyl (C=O) groups excluding carboxylic acids is 3. The summed E-state index contributed by atoms with van der Waals surface area (Å²) in [5.41, 5.74) is 0.393. The summed E-state index contributed by atoms with van der Waals surface area (Å²) in [5, 5.41) is 2.46. The van der Waals surface area contributed by atoms with E-state index in [1.54, 1.807) is 24.3 Å². The van der Waals surface area contributed by atoms with Gasteiger partial charge in [0.2, 0.25) is 0 Å². The van der Waals surface area contributed by atoms with Gasteiger partial charge >= 0.3 is 11.9 Å². The van der Waals surface area contributed by atoms with Crippen LogP contribution in [0, 0.1) is 17.8 Å². The normalized spacial score (nSPS) is 21.3. The number of carbonyl (C=O) groups is 3. The van der Waals surface area contributed by atoms with Gasteiger partial charge in [0.15, 0.2) is 6.61 Å². The Morgan fingerprint density at radius 3 is 2.41 bits per heavy atom. The molecule has 3 atom stereocenters. The highest BCUT2D eigenvalue weighted by Gasteiger charge is 2.33. The zero-order valence-electron chi connectivity index (χ0n) is 17.6. The quantitative estimate of drug-likeness (QED) is 0.669. The van der Waals surface area contributed by atoms with E-state index in [1.165, 1.54) is 7.11 Å². The van der Waals surface area contributed by atoms with Gasteiger partial charge in [-0.1, -0.05) is 27.2 Å². The minimum Gasteiger partial charge on any atom is -0.497 e. The lowest BCUT2D eigenvalue weighted by molar-refractivity contribution is -0.166. The average Bonchev–Trinajstić information content (AvgIpc) is 2.70. The molecule has 1 amide bonds. The molecule has 1 aromatic rings. The van der Waals surface area contributed by atoms with Crippen LogP contribution in [0.2, 0.25) is 0 Å². The number of rotatable bonds is 8. The number of hydrogen-bond acceptors (Lipinski definition) is 6. The molecular formula is C22H31NO6. The highest BCUT2D eigenvalue weighted by Crippen LogP contribution is 2.35. The Labute approximate surface area is 172 Å². The van der Waals surface area contributed by atoms with Gasteiger partial charge in [-0.15, -0.1) is 0 Å². The first kappa shape index (κ1) is 22.7. The molecule has 29 heavy (non-hydrogen) atoms. The van der Waals surface area contributed by atoms with Gasteiger partial charge in [-0.25, -0.2) is 4.79 Å². The van der Waals surface area contributed by atoms with E-state index in [0.717, 1.165) is 19.3 Å². The maximum Gasteiger partial charge on any atom is 0.344 e. The number of methoxy groups -OCH3 is 1. The summed E-state index contributed by atoms with van der Waals surface area (Å²) in [6.45, 7) is 5.64. The molecule has 2 rings (SSSR count).